The van der Waals surface area contributed by atoms with Gasteiger partial charge in [0.15, 0.2) is 11.5 Å². The number of aliphatic hydroxyl groups is 1. The van der Waals surface area contributed by atoms with Crippen LogP contribution < -0.4 is 9.47 Å². The molecule has 2 aromatic carbocycles. The Hall–Kier alpha value is -2.97. The SMILES string of the molecule is COc1cc(C=O)ccc1OCC(O)CN1CCC(c2onc3cc(F)ccc23)CC1. The molecule has 1 saturated heterocycles. The zero-order valence-corrected chi connectivity index (χ0v) is 17.3. The Morgan fingerprint density at radius 1 is 1.26 bits per heavy atom. The summed E-state index contributed by atoms with van der Waals surface area (Å²) in [6, 6.07) is 9.43. The van der Waals surface area contributed by atoms with Gasteiger partial charge in [0.05, 0.1) is 7.11 Å². The quantitative estimate of drug-likeness (QED) is 0.551. The summed E-state index contributed by atoms with van der Waals surface area (Å²) in [4.78, 5) is 13.1. The van der Waals surface area contributed by atoms with Crippen LogP contribution in [0.3, 0.4) is 0 Å². The van der Waals surface area contributed by atoms with Crippen LogP contribution in [0.1, 0.15) is 34.9 Å². The van der Waals surface area contributed by atoms with Crippen LogP contribution in [0, 0.1) is 5.82 Å². The third-order valence-electron chi connectivity index (χ3n) is 5.65. The van der Waals surface area contributed by atoms with Gasteiger partial charge in [0.1, 0.15) is 36.1 Å². The van der Waals surface area contributed by atoms with Crippen LogP contribution in [0.5, 0.6) is 11.5 Å². The molecule has 1 fully saturated rings. The van der Waals surface area contributed by atoms with Crippen molar-refractivity contribution in [2.45, 2.75) is 24.9 Å². The fourth-order valence-corrected chi connectivity index (χ4v) is 4.02. The van der Waals surface area contributed by atoms with Crippen LogP contribution >= 0.6 is 0 Å². The summed E-state index contributed by atoms with van der Waals surface area (Å²) in [5.74, 6) is 1.65. The summed E-state index contributed by atoms with van der Waals surface area (Å²) < 4.78 is 29.8. The molecule has 0 saturated carbocycles. The minimum atomic E-state index is -0.666. The second-order valence-corrected chi connectivity index (χ2v) is 7.78. The molecule has 0 aliphatic carbocycles. The molecule has 0 spiro atoms. The number of benzene rings is 2. The number of aldehydes is 1. The molecule has 3 aromatic rings. The van der Waals surface area contributed by atoms with Gasteiger partial charge in [-0.25, -0.2) is 4.39 Å². The Morgan fingerprint density at radius 3 is 2.81 bits per heavy atom. The van der Waals surface area contributed by atoms with Gasteiger partial charge in [0.25, 0.3) is 0 Å². The summed E-state index contributed by atoms with van der Waals surface area (Å²) in [6.07, 6.45) is 1.82. The summed E-state index contributed by atoms with van der Waals surface area (Å²) in [5, 5.41) is 15.3. The molecule has 1 unspecified atom stereocenters. The van der Waals surface area contributed by atoms with Crippen LogP contribution in [0.4, 0.5) is 4.39 Å². The molecular weight excluding hydrogens is 403 g/mol. The average Bonchev–Trinajstić information content (AvgIpc) is 3.21. The highest BCUT2D eigenvalue weighted by Gasteiger charge is 2.26. The molecule has 4 rings (SSSR count). The lowest BCUT2D eigenvalue weighted by atomic mass is 9.92. The van der Waals surface area contributed by atoms with Gasteiger partial charge in [0.2, 0.25) is 0 Å². The summed E-state index contributed by atoms with van der Waals surface area (Å²) in [7, 11) is 1.51. The molecule has 1 N–H and O–H groups in total. The zero-order chi connectivity index (χ0) is 21.8. The third kappa shape index (κ3) is 4.86. The van der Waals surface area contributed by atoms with E-state index in [0.717, 1.165) is 43.4 Å². The first-order chi connectivity index (χ1) is 15.1. The van der Waals surface area contributed by atoms with Crippen molar-refractivity contribution in [2.75, 3.05) is 33.4 Å². The number of methoxy groups -OCH3 is 1. The molecule has 0 radical (unpaired) electrons. The molecule has 7 nitrogen and oxygen atoms in total. The summed E-state index contributed by atoms with van der Waals surface area (Å²) >= 11 is 0. The van der Waals surface area contributed by atoms with Gasteiger partial charge < -0.3 is 24.0 Å². The number of aliphatic hydroxyl groups excluding tert-OH is 1. The Balaban J connectivity index is 1.28. The maximum absolute atomic E-state index is 13.4. The van der Waals surface area contributed by atoms with E-state index in [0.29, 0.717) is 29.1 Å². The van der Waals surface area contributed by atoms with Crippen molar-refractivity contribution < 1.29 is 28.3 Å². The van der Waals surface area contributed by atoms with Gasteiger partial charge in [-0.2, -0.15) is 0 Å². The van der Waals surface area contributed by atoms with Gasteiger partial charge in [-0.15, -0.1) is 0 Å². The van der Waals surface area contributed by atoms with Gasteiger partial charge in [-0.05, 0) is 56.3 Å². The number of piperidine rings is 1. The molecule has 31 heavy (non-hydrogen) atoms. The van der Waals surface area contributed by atoms with E-state index in [-0.39, 0.29) is 18.3 Å². The largest absolute Gasteiger partial charge is 0.493 e. The summed E-state index contributed by atoms with van der Waals surface area (Å²) in [6.45, 7) is 2.23. The highest BCUT2D eigenvalue weighted by Crippen LogP contribution is 2.33. The van der Waals surface area contributed by atoms with Crippen molar-refractivity contribution in [3.05, 3.63) is 53.5 Å². The maximum Gasteiger partial charge on any atom is 0.161 e. The Morgan fingerprint density at radius 2 is 2.06 bits per heavy atom. The number of carbonyl (C=O) groups excluding carboxylic acids is 1. The standard InChI is InChI=1S/C23H25FN2O5/c1-29-22-10-15(13-27)2-5-21(22)30-14-18(28)12-26-8-6-16(7-9-26)23-19-4-3-17(24)11-20(19)25-31-23/h2-5,10-11,13,16,18,28H,6-9,12,14H2,1H3. The lowest BCUT2D eigenvalue weighted by Crippen LogP contribution is -2.40. The van der Waals surface area contributed by atoms with Crippen LogP contribution in [-0.2, 0) is 0 Å². The predicted octanol–water partition coefficient (Wildman–Crippen LogP) is 3.41. The van der Waals surface area contributed by atoms with Crippen molar-refractivity contribution in [3.8, 4) is 11.5 Å². The Labute approximate surface area is 179 Å². The van der Waals surface area contributed by atoms with Gasteiger partial charge in [0, 0.05) is 29.5 Å². The fraction of sp³-hybridized carbons (Fsp3) is 0.391. The number of ether oxygens (including phenoxy) is 2. The average molecular weight is 428 g/mol. The van der Waals surface area contributed by atoms with E-state index in [1.165, 1.54) is 19.2 Å². The van der Waals surface area contributed by atoms with Crippen molar-refractivity contribution >= 4 is 17.2 Å². The number of rotatable bonds is 8. The van der Waals surface area contributed by atoms with Gasteiger partial charge in [-0.3, -0.25) is 4.79 Å². The number of hydrogen-bond donors (Lipinski definition) is 1. The number of halogens is 1. The van der Waals surface area contributed by atoms with Gasteiger partial charge >= 0.3 is 0 Å². The minimum Gasteiger partial charge on any atom is -0.493 e. The van der Waals surface area contributed by atoms with Crippen LogP contribution in [0.2, 0.25) is 0 Å². The first-order valence-corrected chi connectivity index (χ1v) is 10.3. The maximum atomic E-state index is 13.4. The van der Waals surface area contributed by atoms with E-state index in [1.807, 2.05) is 0 Å². The van der Waals surface area contributed by atoms with E-state index in [9.17, 15) is 14.3 Å². The molecule has 1 atom stereocenters. The van der Waals surface area contributed by atoms with Crippen LogP contribution in [-0.4, -0.2) is 60.9 Å². The predicted molar refractivity (Wildman–Crippen MR) is 112 cm³/mol. The minimum absolute atomic E-state index is 0.120. The molecule has 0 amide bonds. The summed E-state index contributed by atoms with van der Waals surface area (Å²) in [5.41, 5.74) is 1.04. The van der Waals surface area contributed by atoms with Crippen molar-refractivity contribution in [3.63, 3.8) is 0 Å². The van der Waals surface area contributed by atoms with E-state index in [2.05, 4.69) is 10.1 Å². The number of carbonyl (C=O) groups is 1. The highest BCUT2D eigenvalue weighted by molar-refractivity contribution is 5.81. The molecule has 2 heterocycles. The Kier molecular flexibility index (Phi) is 6.48. The van der Waals surface area contributed by atoms with Crippen LogP contribution in [0.25, 0.3) is 10.9 Å². The second kappa shape index (κ2) is 9.45. The van der Waals surface area contributed by atoms with E-state index in [4.69, 9.17) is 14.0 Å². The first-order valence-electron chi connectivity index (χ1n) is 10.3. The molecule has 1 aromatic heterocycles. The molecule has 1 aliphatic heterocycles. The number of nitrogens with zero attached hydrogens (tertiary/aromatic N) is 2. The zero-order valence-electron chi connectivity index (χ0n) is 17.3. The van der Waals surface area contributed by atoms with Crippen molar-refractivity contribution in [2.24, 2.45) is 0 Å². The van der Waals surface area contributed by atoms with E-state index in [1.54, 1.807) is 24.3 Å². The number of likely N-dealkylation sites (tertiary alicyclic amines) is 1. The van der Waals surface area contributed by atoms with Crippen molar-refractivity contribution in [1.29, 1.82) is 0 Å². The van der Waals surface area contributed by atoms with Gasteiger partial charge in [-0.1, -0.05) is 5.16 Å². The lowest BCUT2D eigenvalue weighted by molar-refractivity contribution is 0.0574. The fourth-order valence-electron chi connectivity index (χ4n) is 4.02. The number of aromatic nitrogens is 1. The second-order valence-electron chi connectivity index (χ2n) is 7.78. The van der Waals surface area contributed by atoms with Crippen LogP contribution in [0.15, 0.2) is 40.9 Å². The van der Waals surface area contributed by atoms with E-state index < -0.39 is 6.10 Å². The number of β-amino-alcohol motifs (C(OH)–C–C–N with tert-alkyl or cyclic N) is 1. The van der Waals surface area contributed by atoms with Crippen molar-refractivity contribution in [1.82, 2.24) is 10.1 Å². The van der Waals surface area contributed by atoms with E-state index >= 15 is 0 Å². The first kappa shape index (κ1) is 21.3. The molecular formula is C23H25FN2O5. The number of hydrogen-bond acceptors (Lipinski definition) is 7. The Bertz CT molecular complexity index is 1050. The lowest BCUT2D eigenvalue weighted by Gasteiger charge is -2.32. The topological polar surface area (TPSA) is 85.0 Å². The third-order valence-corrected chi connectivity index (χ3v) is 5.65. The molecule has 1 aliphatic rings. The molecule has 0 bridgehead atoms. The number of fused-ring (bicyclic) bond motifs is 1. The highest BCUT2D eigenvalue weighted by atomic mass is 19.1. The molecule has 164 valence electrons. The molecule has 8 heteroatoms. The smallest absolute Gasteiger partial charge is 0.161 e. The normalized spacial score (nSPS) is 16.4. The monoisotopic (exact) mass is 428 g/mol.